The topological polar surface area (TPSA) is 37.8 Å². The molecule has 0 amide bonds. The first-order valence-corrected chi connectivity index (χ1v) is 6.70. The van der Waals surface area contributed by atoms with Gasteiger partial charge in [0.1, 0.15) is 5.01 Å². The lowest BCUT2D eigenvalue weighted by Gasteiger charge is -2.29. The van der Waals surface area contributed by atoms with Crippen molar-refractivity contribution in [3.8, 4) is 0 Å². The molecule has 1 saturated carbocycles. The van der Waals surface area contributed by atoms with Crippen molar-refractivity contribution in [2.75, 3.05) is 5.32 Å². The minimum Gasteiger partial charge on any atom is -0.357 e. The molecule has 1 aromatic rings. The van der Waals surface area contributed by atoms with E-state index in [1.807, 2.05) is 0 Å². The monoisotopic (exact) mass is 225 g/mol. The van der Waals surface area contributed by atoms with Crippen LogP contribution >= 0.6 is 11.3 Å². The number of aryl methyl sites for hydroxylation is 1. The Kier molecular flexibility index (Phi) is 3.57. The third kappa shape index (κ3) is 2.68. The van der Waals surface area contributed by atoms with Crippen molar-refractivity contribution in [1.82, 2.24) is 10.2 Å². The van der Waals surface area contributed by atoms with Gasteiger partial charge in [0.25, 0.3) is 0 Å². The third-order valence-corrected chi connectivity index (χ3v) is 4.19. The maximum absolute atomic E-state index is 4.17. The third-order valence-electron chi connectivity index (χ3n) is 3.19. The van der Waals surface area contributed by atoms with Crippen LogP contribution in [0.3, 0.4) is 0 Å². The van der Waals surface area contributed by atoms with Crippen molar-refractivity contribution >= 4 is 16.5 Å². The first kappa shape index (κ1) is 10.9. The molecule has 15 heavy (non-hydrogen) atoms. The second kappa shape index (κ2) is 4.92. The van der Waals surface area contributed by atoms with E-state index >= 15 is 0 Å². The number of hydrogen-bond donors (Lipinski definition) is 1. The van der Waals surface area contributed by atoms with E-state index in [9.17, 15) is 0 Å². The van der Waals surface area contributed by atoms with Gasteiger partial charge in [0.05, 0.1) is 0 Å². The number of rotatable bonds is 3. The van der Waals surface area contributed by atoms with Crippen LogP contribution in [0, 0.1) is 5.92 Å². The molecule has 1 fully saturated rings. The minimum absolute atomic E-state index is 0.608. The molecular formula is C11H19N3S. The molecule has 3 nitrogen and oxygen atoms in total. The van der Waals surface area contributed by atoms with Crippen LogP contribution in [0.5, 0.6) is 0 Å². The van der Waals surface area contributed by atoms with Crippen molar-refractivity contribution in [3.05, 3.63) is 5.01 Å². The maximum atomic E-state index is 4.17. The van der Waals surface area contributed by atoms with Gasteiger partial charge in [0, 0.05) is 6.04 Å². The van der Waals surface area contributed by atoms with Gasteiger partial charge < -0.3 is 5.32 Å². The van der Waals surface area contributed by atoms with Gasteiger partial charge in [-0.25, -0.2) is 0 Å². The summed E-state index contributed by atoms with van der Waals surface area (Å²) in [6.45, 7) is 4.45. The summed E-state index contributed by atoms with van der Waals surface area (Å²) in [5, 5.41) is 14.0. The fourth-order valence-corrected chi connectivity index (χ4v) is 2.89. The van der Waals surface area contributed by atoms with Crippen LogP contribution in [-0.4, -0.2) is 16.2 Å². The summed E-state index contributed by atoms with van der Waals surface area (Å²) >= 11 is 1.70. The SMILES string of the molecule is CCc1nnc(NC2CCCCC2C)s1. The molecule has 2 rings (SSSR count). The van der Waals surface area contributed by atoms with Crippen LogP contribution in [0.1, 0.15) is 44.5 Å². The highest BCUT2D eigenvalue weighted by atomic mass is 32.1. The second-order valence-corrected chi connectivity index (χ2v) is 5.43. The predicted molar refractivity (Wildman–Crippen MR) is 64.3 cm³/mol. The van der Waals surface area contributed by atoms with E-state index in [1.54, 1.807) is 11.3 Å². The fraction of sp³-hybridized carbons (Fsp3) is 0.818. The van der Waals surface area contributed by atoms with E-state index < -0.39 is 0 Å². The van der Waals surface area contributed by atoms with Crippen molar-refractivity contribution in [1.29, 1.82) is 0 Å². The Labute approximate surface area is 95.3 Å². The Balaban J connectivity index is 1.95. The molecule has 84 valence electrons. The fourth-order valence-electron chi connectivity index (χ4n) is 2.14. The Morgan fingerprint density at radius 2 is 2.13 bits per heavy atom. The Hall–Kier alpha value is -0.640. The lowest BCUT2D eigenvalue weighted by molar-refractivity contribution is 0.349. The van der Waals surface area contributed by atoms with Crippen molar-refractivity contribution < 1.29 is 0 Å². The van der Waals surface area contributed by atoms with Crippen molar-refractivity contribution in [3.63, 3.8) is 0 Å². The van der Waals surface area contributed by atoms with E-state index in [4.69, 9.17) is 0 Å². The van der Waals surface area contributed by atoms with E-state index in [2.05, 4.69) is 29.4 Å². The molecule has 1 heterocycles. The number of anilines is 1. The van der Waals surface area contributed by atoms with Gasteiger partial charge in [-0.1, -0.05) is 38.0 Å². The smallest absolute Gasteiger partial charge is 0.205 e. The van der Waals surface area contributed by atoms with Crippen LogP contribution < -0.4 is 5.32 Å². The van der Waals surface area contributed by atoms with Gasteiger partial charge in [-0.3, -0.25) is 0 Å². The zero-order valence-corrected chi connectivity index (χ0v) is 10.3. The number of nitrogens with zero attached hydrogens (tertiary/aromatic N) is 2. The minimum atomic E-state index is 0.608. The summed E-state index contributed by atoms with van der Waals surface area (Å²) in [6.07, 6.45) is 6.34. The molecule has 0 bridgehead atoms. The number of aromatic nitrogens is 2. The van der Waals surface area contributed by atoms with Crippen LogP contribution in [0.4, 0.5) is 5.13 Å². The summed E-state index contributed by atoms with van der Waals surface area (Å²) in [4.78, 5) is 0. The maximum Gasteiger partial charge on any atom is 0.205 e. The van der Waals surface area contributed by atoms with Crippen LogP contribution in [0.25, 0.3) is 0 Å². The molecule has 0 radical (unpaired) electrons. The first-order valence-electron chi connectivity index (χ1n) is 5.88. The largest absolute Gasteiger partial charge is 0.357 e. The summed E-state index contributed by atoms with van der Waals surface area (Å²) in [6, 6.07) is 0.608. The highest BCUT2D eigenvalue weighted by Crippen LogP contribution is 2.27. The molecule has 0 aliphatic heterocycles. The molecule has 2 atom stereocenters. The molecule has 1 aliphatic carbocycles. The van der Waals surface area contributed by atoms with Gasteiger partial charge >= 0.3 is 0 Å². The summed E-state index contributed by atoms with van der Waals surface area (Å²) in [7, 11) is 0. The number of nitrogens with one attached hydrogen (secondary N) is 1. The van der Waals surface area contributed by atoms with Crippen LogP contribution in [-0.2, 0) is 6.42 Å². The molecule has 0 aromatic carbocycles. The van der Waals surface area contributed by atoms with Crippen LogP contribution in [0.15, 0.2) is 0 Å². The first-order chi connectivity index (χ1) is 7.29. The molecule has 1 aromatic heterocycles. The van der Waals surface area contributed by atoms with Gasteiger partial charge in [-0.2, -0.15) is 0 Å². The van der Waals surface area contributed by atoms with Crippen LogP contribution in [0.2, 0.25) is 0 Å². The summed E-state index contributed by atoms with van der Waals surface area (Å²) < 4.78 is 0. The van der Waals surface area contributed by atoms with E-state index in [1.165, 1.54) is 25.7 Å². The number of hydrogen-bond acceptors (Lipinski definition) is 4. The quantitative estimate of drug-likeness (QED) is 0.859. The standard InChI is InChI=1S/C11H19N3S/c1-3-10-13-14-11(15-10)12-9-7-5-4-6-8(9)2/h8-9H,3-7H2,1-2H3,(H,12,14). The van der Waals surface area contributed by atoms with Crippen molar-refractivity contribution in [2.45, 2.75) is 52.0 Å². The molecule has 0 spiro atoms. The summed E-state index contributed by atoms with van der Waals surface area (Å²) in [5.41, 5.74) is 0. The van der Waals surface area contributed by atoms with Gasteiger partial charge in [-0.05, 0) is 25.2 Å². The van der Waals surface area contributed by atoms with Crippen molar-refractivity contribution in [2.24, 2.45) is 5.92 Å². The molecule has 0 saturated heterocycles. The average Bonchev–Trinajstić information content (AvgIpc) is 2.69. The lowest BCUT2D eigenvalue weighted by Crippen LogP contribution is -2.30. The van der Waals surface area contributed by atoms with Gasteiger partial charge in [0.15, 0.2) is 0 Å². The lowest BCUT2D eigenvalue weighted by atomic mass is 9.86. The molecular weight excluding hydrogens is 206 g/mol. The Bertz CT molecular complexity index is 311. The molecule has 4 heteroatoms. The Morgan fingerprint density at radius 3 is 2.80 bits per heavy atom. The van der Waals surface area contributed by atoms with Gasteiger partial charge in [-0.15, -0.1) is 10.2 Å². The van der Waals surface area contributed by atoms with Gasteiger partial charge in [0.2, 0.25) is 5.13 Å². The summed E-state index contributed by atoms with van der Waals surface area (Å²) in [5.74, 6) is 0.771. The van der Waals surface area contributed by atoms with E-state index in [0.717, 1.165) is 22.5 Å². The zero-order chi connectivity index (χ0) is 10.7. The Morgan fingerprint density at radius 1 is 1.33 bits per heavy atom. The highest BCUT2D eigenvalue weighted by molar-refractivity contribution is 7.15. The highest BCUT2D eigenvalue weighted by Gasteiger charge is 2.21. The zero-order valence-electron chi connectivity index (χ0n) is 9.49. The normalized spacial score (nSPS) is 26.5. The average molecular weight is 225 g/mol. The van der Waals surface area contributed by atoms with E-state index in [0.29, 0.717) is 6.04 Å². The predicted octanol–water partition coefficient (Wildman–Crippen LogP) is 3.09. The molecule has 1 aliphatic rings. The molecule has 1 N–H and O–H groups in total. The molecule has 2 unspecified atom stereocenters. The second-order valence-electron chi connectivity index (χ2n) is 4.37. The van der Waals surface area contributed by atoms with E-state index in [-0.39, 0.29) is 0 Å².